The molecular weight excluding hydrogens is 444 g/mol. The van der Waals surface area contributed by atoms with E-state index in [0.717, 1.165) is 68.8 Å². The van der Waals surface area contributed by atoms with Gasteiger partial charge in [0.05, 0.1) is 24.3 Å². The Balaban J connectivity index is 1.04. The van der Waals surface area contributed by atoms with Gasteiger partial charge in [-0.05, 0) is 64.9 Å². The third-order valence-corrected chi connectivity index (χ3v) is 7.33. The van der Waals surface area contributed by atoms with E-state index in [1.165, 1.54) is 5.57 Å². The van der Waals surface area contributed by atoms with Crippen molar-refractivity contribution in [3.05, 3.63) is 59.5 Å². The highest BCUT2D eigenvalue weighted by Crippen LogP contribution is 2.34. The summed E-state index contributed by atoms with van der Waals surface area (Å²) in [4.78, 5) is 29.2. The summed E-state index contributed by atoms with van der Waals surface area (Å²) in [5, 5.41) is 11.2. The number of hydrogen-bond acceptors (Lipinski definition) is 7. The van der Waals surface area contributed by atoms with E-state index < -0.39 is 0 Å². The normalized spacial score (nSPS) is 22.8. The summed E-state index contributed by atoms with van der Waals surface area (Å²) < 4.78 is 6.77. The van der Waals surface area contributed by atoms with E-state index in [9.17, 15) is 9.59 Å². The van der Waals surface area contributed by atoms with E-state index in [-0.39, 0.29) is 11.9 Å². The van der Waals surface area contributed by atoms with Crippen molar-refractivity contribution in [3.63, 3.8) is 0 Å². The molecule has 2 unspecified atom stereocenters. The fourth-order valence-electron chi connectivity index (χ4n) is 5.19. The number of esters is 1. The van der Waals surface area contributed by atoms with E-state index in [4.69, 9.17) is 4.74 Å². The maximum atomic E-state index is 12.8. The van der Waals surface area contributed by atoms with E-state index in [2.05, 4.69) is 39.5 Å². The molecule has 2 fully saturated rings. The van der Waals surface area contributed by atoms with Crippen LogP contribution in [-0.2, 0) is 20.7 Å². The van der Waals surface area contributed by atoms with Crippen LogP contribution in [0.2, 0.25) is 0 Å². The quantitative estimate of drug-likeness (QED) is 0.566. The van der Waals surface area contributed by atoms with Gasteiger partial charge in [0.2, 0.25) is 5.91 Å². The number of hydrogen-bond donors (Lipinski definition) is 0. The summed E-state index contributed by atoms with van der Waals surface area (Å²) in [6.07, 6.45) is 9.44. The van der Waals surface area contributed by atoms with E-state index in [1.54, 1.807) is 11.0 Å². The lowest BCUT2D eigenvalue weighted by atomic mass is 9.79. The number of aromatic nitrogens is 4. The number of cyclic esters (lactones) is 1. The number of benzene rings is 1. The number of allylic oxidation sites excluding steroid dienone is 2. The third kappa shape index (κ3) is 5.51. The molecule has 0 spiro atoms. The zero-order valence-electron chi connectivity index (χ0n) is 20.2. The van der Waals surface area contributed by atoms with Gasteiger partial charge in [0, 0.05) is 32.6 Å². The first-order valence-corrected chi connectivity index (χ1v) is 12.5. The molecule has 1 aromatic carbocycles. The highest BCUT2D eigenvalue weighted by atomic mass is 16.5. The van der Waals surface area contributed by atoms with Gasteiger partial charge in [-0.15, -0.1) is 5.10 Å². The fraction of sp³-hybridized carbons (Fsp3) is 0.500. The van der Waals surface area contributed by atoms with Gasteiger partial charge in [0.1, 0.15) is 6.33 Å². The van der Waals surface area contributed by atoms with Crippen LogP contribution in [0, 0.1) is 11.8 Å². The van der Waals surface area contributed by atoms with Crippen molar-refractivity contribution in [2.24, 2.45) is 11.8 Å². The molecule has 3 heterocycles. The molecule has 0 bridgehead atoms. The van der Waals surface area contributed by atoms with Crippen LogP contribution < -0.4 is 0 Å². The van der Waals surface area contributed by atoms with Crippen LogP contribution in [0.4, 0.5) is 0 Å². The molecule has 1 amide bonds. The lowest BCUT2D eigenvalue weighted by molar-refractivity contribution is -0.140. The van der Waals surface area contributed by atoms with Crippen LogP contribution in [-0.4, -0.2) is 81.2 Å². The Hall–Kier alpha value is -3.33. The van der Waals surface area contributed by atoms with Crippen molar-refractivity contribution in [3.8, 4) is 5.69 Å². The van der Waals surface area contributed by atoms with Gasteiger partial charge in [0.25, 0.3) is 0 Å². The van der Waals surface area contributed by atoms with Crippen molar-refractivity contribution >= 4 is 11.9 Å². The maximum absolute atomic E-state index is 12.8. The maximum Gasteiger partial charge on any atom is 0.338 e. The minimum Gasteiger partial charge on any atom is -0.462 e. The van der Waals surface area contributed by atoms with Crippen LogP contribution in [0.5, 0.6) is 0 Å². The smallest absolute Gasteiger partial charge is 0.338 e. The zero-order valence-corrected chi connectivity index (χ0v) is 20.2. The van der Waals surface area contributed by atoms with Gasteiger partial charge >= 0.3 is 5.97 Å². The zero-order chi connectivity index (χ0) is 24.2. The molecule has 2 aliphatic heterocycles. The number of piperazine rings is 1. The second kappa shape index (κ2) is 10.5. The lowest BCUT2D eigenvalue weighted by Gasteiger charge is -2.35. The molecule has 0 radical (unpaired) electrons. The summed E-state index contributed by atoms with van der Waals surface area (Å²) in [5.74, 6) is 0.850. The molecular formula is C26H32N6O3. The number of carbonyl (C=O) groups is 2. The Morgan fingerprint density at radius 3 is 2.66 bits per heavy atom. The standard InChI is InChI=1S/C26H32N6O3/c1-19-15-24-22(8-14-35-26(24)34)17-21(19)3-2-9-30-10-12-31(13-11-30)25(33)16-20-4-6-23(7-5-20)32-18-27-28-29-32/h4-7,15,17-19,21H,2-3,8-14,16H2,1H3. The molecule has 2 saturated heterocycles. The number of amides is 1. The molecule has 5 rings (SSSR count). The molecule has 3 aliphatic rings. The topological polar surface area (TPSA) is 93.5 Å². The van der Waals surface area contributed by atoms with Gasteiger partial charge in [-0.25, -0.2) is 9.48 Å². The van der Waals surface area contributed by atoms with E-state index in [0.29, 0.717) is 24.9 Å². The molecule has 35 heavy (non-hydrogen) atoms. The highest BCUT2D eigenvalue weighted by molar-refractivity contribution is 5.94. The Morgan fingerprint density at radius 1 is 1.11 bits per heavy atom. The van der Waals surface area contributed by atoms with Crippen LogP contribution in [0.1, 0.15) is 31.7 Å². The minimum atomic E-state index is -0.165. The predicted molar refractivity (Wildman–Crippen MR) is 130 cm³/mol. The summed E-state index contributed by atoms with van der Waals surface area (Å²) in [5.41, 5.74) is 3.82. The number of tetrazole rings is 1. The molecule has 0 saturated carbocycles. The molecule has 9 nitrogen and oxygen atoms in total. The van der Waals surface area contributed by atoms with Crippen molar-refractivity contribution in [1.29, 1.82) is 0 Å². The van der Waals surface area contributed by atoms with Gasteiger partial charge in [-0.1, -0.05) is 31.2 Å². The first-order valence-electron chi connectivity index (χ1n) is 12.5. The molecule has 9 heteroatoms. The molecule has 1 aliphatic carbocycles. The van der Waals surface area contributed by atoms with Gasteiger partial charge in [-0.3, -0.25) is 9.69 Å². The Labute approximate surface area is 205 Å². The van der Waals surface area contributed by atoms with Crippen LogP contribution in [0.25, 0.3) is 5.69 Å². The third-order valence-electron chi connectivity index (χ3n) is 7.33. The summed E-state index contributed by atoms with van der Waals surface area (Å²) >= 11 is 0. The molecule has 2 aromatic rings. The Bertz CT molecular complexity index is 1100. The number of fused-ring (bicyclic) bond motifs is 1. The second-order valence-corrected chi connectivity index (χ2v) is 9.64. The number of ether oxygens (including phenoxy) is 1. The minimum absolute atomic E-state index is 0.165. The van der Waals surface area contributed by atoms with Crippen molar-refractivity contribution in [2.45, 2.75) is 32.6 Å². The van der Waals surface area contributed by atoms with Crippen molar-refractivity contribution < 1.29 is 14.3 Å². The molecule has 1 aromatic heterocycles. The first-order chi connectivity index (χ1) is 17.1. The van der Waals surface area contributed by atoms with E-state index >= 15 is 0 Å². The van der Waals surface area contributed by atoms with Gasteiger partial charge < -0.3 is 9.64 Å². The van der Waals surface area contributed by atoms with Crippen LogP contribution in [0.15, 0.2) is 53.9 Å². The Morgan fingerprint density at radius 2 is 1.91 bits per heavy atom. The van der Waals surface area contributed by atoms with Crippen molar-refractivity contribution in [2.75, 3.05) is 39.3 Å². The average Bonchev–Trinajstić information content (AvgIpc) is 3.41. The Kier molecular flexibility index (Phi) is 7.03. The predicted octanol–water partition coefficient (Wildman–Crippen LogP) is 2.19. The van der Waals surface area contributed by atoms with Crippen LogP contribution >= 0.6 is 0 Å². The number of rotatable bonds is 7. The number of carbonyl (C=O) groups excluding carboxylic acids is 2. The summed E-state index contributed by atoms with van der Waals surface area (Å²) in [7, 11) is 0. The van der Waals surface area contributed by atoms with Gasteiger partial charge in [-0.2, -0.15) is 0 Å². The SMILES string of the molecule is CC1C=C2C(=O)OCCC2=CC1CCCN1CCN(C(=O)Cc2ccc(-n3cnnn3)cc2)CC1. The summed E-state index contributed by atoms with van der Waals surface area (Å²) in [6, 6.07) is 7.77. The van der Waals surface area contributed by atoms with E-state index in [1.807, 2.05) is 29.2 Å². The summed E-state index contributed by atoms with van der Waals surface area (Å²) in [6.45, 7) is 7.13. The molecule has 184 valence electrons. The number of nitrogens with zero attached hydrogens (tertiary/aromatic N) is 6. The first kappa shape index (κ1) is 23.4. The largest absolute Gasteiger partial charge is 0.462 e. The van der Waals surface area contributed by atoms with Gasteiger partial charge in [0.15, 0.2) is 0 Å². The second-order valence-electron chi connectivity index (χ2n) is 9.64. The lowest BCUT2D eigenvalue weighted by Crippen LogP contribution is -2.49. The average molecular weight is 477 g/mol. The fourth-order valence-corrected chi connectivity index (χ4v) is 5.19. The molecule has 2 atom stereocenters. The van der Waals surface area contributed by atoms with Crippen molar-refractivity contribution in [1.82, 2.24) is 30.0 Å². The van der Waals surface area contributed by atoms with Crippen LogP contribution in [0.3, 0.4) is 0 Å². The highest BCUT2D eigenvalue weighted by Gasteiger charge is 2.29. The monoisotopic (exact) mass is 476 g/mol. The molecule has 0 N–H and O–H groups in total.